The van der Waals surface area contributed by atoms with Crippen LogP contribution in [0.15, 0.2) is 18.2 Å². The van der Waals surface area contributed by atoms with Gasteiger partial charge in [0.25, 0.3) is 5.91 Å². The first-order valence-electron chi connectivity index (χ1n) is 8.52. The van der Waals surface area contributed by atoms with Crippen LogP contribution in [0, 0.1) is 13.8 Å². The van der Waals surface area contributed by atoms with Crippen molar-refractivity contribution in [3.63, 3.8) is 0 Å². The molecule has 2 aliphatic heterocycles. The summed E-state index contributed by atoms with van der Waals surface area (Å²) in [5.74, 6) is 1.96. The zero-order valence-electron chi connectivity index (χ0n) is 14.4. The molecule has 1 atom stereocenters. The summed E-state index contributed by atoms with van der Waals surface area (Å²) in [6.07, 6.45) is 0.836. The molecule has 1 aromatic carbocycles. The van der Waals surface area contributed by atoms with Gasteiger partial charge in [0.2, 0.25) is 5.91 Å². The molecular weight excluding hydrogens is 322 g/mol. The van der Waals surface area contributed by atoms with Crippen LogP contribution >= 0.6 is 11.8 Å². The third kappa shape index (κ3) is 3.75. The molecule has 24 heavy (non-hydrogen) atoms. The standard InChI is InChI=1S/C18H25N3O2S/c1-13-4-5-15(14(2)10-13)17(22)20-6-3-7-21(9-8-20)18(23)16-11-24-12-19-16/h4-5,10,16,19H,3,6-9,11-12H2,1-2H3. The van der Waals surface area contributed by atoms with Crippen LogP contribution in [0.5, 0.6) is 0 Å². The molecule has 0 aliphatic carbocycles. The van der Waals surface area contributed by atoms with Crippen molar-refractivity contribution in [1.82, 2.24) is 15.1 Å². The molecule has 130 valence electrons. The second-order valence-corrected chi connectivity index (χ2v) is 7.59. The zero-order chi connectivity index (χ0) is 17.1. The van der Waals surface area contributed by atoms with Crippen LogP contribution in [-0.4, -0.2) is 65.5 Å². The molecule has 1 aromatic rings. The molecule has 1 N–H and O–H groups in total. The lowest BCUT2D eigenvalue weighted by Crippen LogP contribution is -2.46. The SMILES string of the molecule is Cc1ccc(C(=O)N2CCCN(C(=O)C3CSCN3)CC2)c(C)c1. The molecule has 2 aliphatic rings. The van der Waals surface area contributed by atoms with Gasteiger partial charge in [0.1, 0.15) is 0 Å². The van der Waals surface area contributed by atoms with Gasteiger partial charge in [-0.15, -0.1) is 11.8 Å². The van der Waals surface area contributed by atoms with Crippen LogP contribution in [0.3, 0.4) is 0 Å². The van der Waals surface area contributed by atoms with Crippen LogP contribution < -0.4 is 5.32 Å². The number of benzene rings is 1. The smallest absolute Gasteiger partial charge is 0.254 e. The highest BCUT2D eigenvalue weighted by atomic mass is 32.2. The number of aryl methyl sites for hydroxylation is 2. The van der Waals surface area contributed by atoms with Gasteiger partial charge in [0, 0.05) is 43.4 Å². The van der Waals surface area contributed by atoms with Crippen molar-refractivity contribution in [3.05, 3.63) is 34.9 Å². The van der Waals surface area contributed by atoms with Gasteiger partial charge in [-0.1, -0.05) is 17.7 Å². The molecule has 0 aromatic heterocycles. The molecule has 0 saturated carbocycles. The van der Waals surface area contributed by atoms with Crippen molar-refractivity contribution >= 4 is 23.6 Å². The Morgan fingerprint density at radius 3 is 2.58 bits per heavy atom. The maximum atomic E-state index is 12.8. The van der Waals surface area contributed by atoms with Crippen molar-refractivity contribution < 1.29 is 9.59 Å². The van der Waals surface area contributed by atoms with E-state index in [0.29, 0.717) is 19.6 Å². The number of carbonyl (C=O) groups is 2. The first-order valence-corrected chi connectivity index (χ1v) is 9.68. The molecule has 3 rings (SSSR count). The van der Waals surface area contributed by atoms with Crippen LogP contribution in [0.4, 0.5) is 0 Å². The van der Waals surface area contributed by atoms with E-state index in [9.17, 15) is 9.59 Å². The lowest BCUT2D eigenvalue weighted by atomic mass is 10.0. The second-order valence-electron chi connectivity index (χ2n) is 6.56. The molecule has 6 heteroatoms. The van der Waals surface area contributed by atoms with Gasteiger partial charge in [-0.25, -0.2) is 0 Å². The minimum atomic E-state index is -0.0587. The van der Waals surface area contributed by atoms with E-state index in [0.717, 1.165) is 35.7 Å². The highest BCUT2D eigenvalue weighted by molar-refractivity contribution is 7.99. The molecule has 2 amide bonds. The third-order valence-corrected chi connectivity index (χ3v) is 5.66. The van der Waals surface area contributed by atoms with Crippen molar-refractivity contribution in [2.75, 3.05) is 37.8 Å². The number of rotatable bonds is 2. The first-order chi connectivity index (χ1) is 11.6. The van der Waals surface area contributed by atoms with Crippen molar-refractivity contribution in [2.45, 2.75) is 26.3 Å². The third-order valence-electron chi connectivity index (χ3n) is 4.72. The van der Waals surface area contributed by atoms with Crippen molar-refractivity contribution in [3.8, 4) is 0 Å². The summed E-state index contributed by atoms with van der Waals surface area (Å²) in [5.41, 5.74) is 2.96. The molecule has 2 fully saturated rings. The molecule has 2 saturated heterocycles. The maximum absolute atomic E-state index is 12.8. The highest BCUT2D eigenvalue weighted by Gasteiger charge is 2.29. The largest absolute Gasteiger partial charge is 0.339 e. The van der Waals surface area contributed by atoms with E-state index >= 15 is 0 Å². The van der Waals surface area contributed by atoms with Crippen LogP contribution in [0.25, 0.3) is 0 Å². The van der Waals surface area contributed by atoms with E-state index in [2.05, 4.69) is 5.32 Å². The average Bonchev–Trinajstić information content (AvgIpc) is 2.98. The van der Waals surface area contributed by atoms with Crippen LogP contribution in [-0.2, 0) is 4.79 Å². The summed E-state index contributed by atoms with van der Waals surface area (Å²) in [6, 6.07) is 5.89. The molecule has 5 nitrogen and oxygen atoms in total. The Morgan fingerprint density at radius 2 is 1.88 bits per heavy atom. The minimum Gasteiger partial charge on any atom is -0.339 e. The Hall–Kier alpha value is -1.53. The highest BCUT2D eigenvalue weighted by Crippen LogP contribution is 2.17. The van der Waals surface area contributed by atoms with E-state index in [4.69, 9.17) is 0 Å². The summed E-state index contributed by atoms with van der Waals surface area (Å²) in [6.45, 7) is 6.69. The Labute approximate surface area is 147 Å². The summed E-state index contributed by atoms with van der Waals surface area (Å²) in [5, 5.41) is 3.24. The Kier molecular flexibility index (Phi) is 5.46. The van der Waals surface area contributed by atoms with Crippen LogP contribution in [0.2, 0.25) is 0 Å². The number of amides is 2. The Bertz CT molecular complexity index is 629. The van der Waals surface area contributed by atoms with Crippen molar-refractivity contribution in [1.29, 1.82) is 0 Å². The fraction of sp³-hybridized carbons (Fsp3) is 0.556. The van der Waals surface area contributed by atoms with Gasteiger partial charge in [-0.2, -0.15) is 0 Å². The predicted octanol–water partition coefficient (Wildman–Crippen LogP) is 1.64. The fourth-order valence-electron chi connectivity index (χ4n) is 3.34. The molecule has 2 heterocycles. The lowest BCUT2D eigenvalue weighted by Gasteiger charge is -2.24. The Balaban J connectivity index is 1.64. The normalized spacial score (nSPS) is 21.7. The van der Waals surface area contributed by atoms with Gasteiger partial charge in [0.15, 0.2) is 0 Å². The summed E-state index contributed by atoms with van der Waals surface area (Å²) in [7, 11) is 0. The predicted molar refractivity (Wildman–Crippen MR) is 97.3 cm³/mol. The van der Waals surface area contributed by atoms with Gasteiger partial charge in [0.05, 0.1) is 6.04 Å². The number of hydrogen-bond acceptors (Lipinski definition) is 4. The fourth-order valence-corrected chi connectivity index (χ4v) is 4.27. The van der Waals surface area contributed by atoms with Crippen LogP contribution in [0.1, 0.15) is 27.9 Å². The maximum Gasteiger partial charge on any atom is 0.254 e. The number of thioether (sulfide) groups is 1. The number of carbonyl (C=O) groups excluding carboxylic acids is 2. The molecule has 1 unspecified atom stereocenters. The average molecular weight is 347 g/mol. The second kappa shape index (κ2) is 7.57. The Morgan fingerprint density at radius 1 is 1.12 bits per heavy atom. The summed E-state index contributed by atoms with van der Waals surface area (Å²) in [4.78, 5) is 29.2. The monoisotopic (exact) mass is 347 g/mol. The lowest BCUT2D eigenvalue weighted by molar-refractivity contribution is -0.132. The number of nitrogens with one attached hydrogen (secondary N) is 1. The molecule has 0 bridgehead atoms. The van der Waals surface area contributed by atoms with Gasteiger partial charge in [-0.3, -0.25) is 14.9 Å². The van der Waals surface area contributed by atoms with Crippen molar-refractivity contribution in [2.24, 2.45) is 0 Å². The number of nitrogens with zero attached hydrogens (tertiary/aromatic N) is 2. The topological polar surface area (TPSA) is 52.7 Å². The first kappa shape index (κ1) is 17.3. The molecular formula is C18H25N3O2S. The molecule has 0 spiro atoms. The van der Waals surface area contributed by atoms with Gasteiger partial charge in [-0.05, 0) is 31.9 Å². The van der Waals surface area contributed by atoms with Gasteiger partial charge < -0.3 is 9.80 Å². The summed E-state index contributed by atoms with van der Waals surface area (Å²) < 4.78 is 0. The van der Waals surface area contributed by atoms with Gasteiger partial charge >= 0.3 is 0 Å². The quantitative estimate of drug-likeness (QED) is 0.884. The zero-order valence-corrected chi connectivity index (χ0v) is 15.2. The van der Waals surface area contributed by atoms with E-state index in [1.807, 2.05) is 41.8 Å². The minimum absolute atomic E-state index is 0.0587. The van der Waals surface area contributed by atoms with E-state index in [-0.39, 0.29) is 17.9 Å². The summed E-state index contributed by atoms with van der Waals surface area (Å²) >= 11 is 1.76. The number of hydrogen-bond donors (Lipinski definition) is 1. The van der Waals surface area contributed by atoms with E-state index in [1.54, 1.807) is 11.8 Å². The van der Waals surface area contributed by atoms with E-state index in [1.165, 1.54) is 5.56 Å². The molecule has 0 radical (unpaired) electrons. The van der Waals surface area contributed by atoms with E-state index < -0.39 is 0 Å².